The summed E-state index contributed by atoms with van der Waals surface area (Å²) < 4.78 is 27.5. The van der Waals surface area contributed by atoms with Crippen molar-refractivity contribution in [1.29, 1.82) is 0 Å². The van der Waals surface area contributed by atoms with Gasteiger partial charge in [-0.15, -0.1) is 0 Å². The molecule has 0 fully saturated rings. The Morgan fingerprint density at radius 3 is 2.65 bits per heavy atom. The van der Waals surface area contributed by atoms with Crippen LogP contribution in [0.5, 0.6) is 11.5 Å². The van der Waals surface area contributed by atoms with Crippen LogP contribution in [-0.4, -0.2) is 38.4 Å². The van der Waals surface area contributed by atoms with E-state index in [2.05, 4.69) is 15.5 Å². The number of carbonyl (C=O) groups excluding carboxylic acids is 1. The largest absolute Gasteiger partial charge is 0.490 e. The molecule has 6 rings (SSSR count). The number of aryl methyl sites for hydroxylation is 1. The number of fused-ring (bicyclic) bond motifs is 4. The summed E-state index contributed by atoms with van der Waals surface area (Å²) in [6, 6.07) is 12.7. The molecule has 0 spiro atoms. The van der Waals surface area contributed by atoms with Gasteiger partial charge < -0.3 is 9.47 Å². The van der Waals surface area contributed by atoms with Crippen LogP contribution in [0.1, 0.15) is 29.4 Å². The monoisotopic (exact) mass is 499 g/mol. The first-order valence-corrected chi connectivity index (χ1v) is 11.9. The Hall–Kier alpha value is -4.73. The van der Waals surface area contributed by atoms with Crippen LogP contribution in [0, 0.1) is 5.82 Å². The highest BCUT2D eigenvalue weighted by atomic mass is 19.1. The molecule has 37 heavy (non-hydrogen) atoms. The third kappa shape index (κ3) is 3.96. The number of aromatic nitrogens is 4. The SMILES string of the molecule is CCc1nn2c(ncc3c(=O)n(NC(=O)c4ccc5c(c4)OCCCO5)ccc32)c1-c1ccc(F)cc1. The second-order valence-electron chi connectivity index (χ2n) is 8.62. The summed E-state index contributed by atoms with van der Waals surface area (Å²) in [5.74, 6) is 0.269. The highest BCUT2D eigenvalue weighted by Gasteiger charge is 2.19. The number of nitrogens with zero attached hydrogens (tertiary/aromatic N) is 4. The van der Waals surface area contributed by atoms with Gasteiger partial charge in [0.25, 0.3) is 11.5 Å². The second-order valence-corrected chi connectivity index (χ2v) is 8.62. The van der Waals surface area contributed by atoms with Gasteiger partial charge in [-0.25, -0.2) is 18.6 Å². The molecule has 2 aromatic carbocycles. The fourth-order valence-corrected chi connectivity index (χ4v) is 4.44. The zero-order valence-corrected chi connectivity index (χ0v) is 19.9. The van der Waals surface area contributed by atoms with Gasteiger partial charge in [0, 0.05) is 29.9 Å². The maximum absolute atomic E-state index is 13.5. The maximum Gasteiger partial charge on any atom is 0.280 e. The number of nitrogens with one attached hydrogen (secondary N) is 1. The second kappa shape index (κ2) is 9.05. The number of hydrogen-bond donors (Lipinski definition) is 1. The summed E-state index contributed by atoms with van der Waals surface area (Å²) >= 11 is 0. The number of rotatable bonds is 4. The van der Waals surface area contributed by atoms with Crippen molar-refractivity contribution in [2.24, 2.45) is 0 Å². The summed E-state index contributed by atoms with van der Waals surface area (Å²) in [5.41, 5.74) is 5.95. The average molecular weight is 500 g/mol. The molecule has 5 aromatic rings. The first kappa shape index (κ1) is 22.7. The lowest BCUT2D eigenvalue weighted by molar-refractivity contribution is 0.101. The van der Waals surface area contributed by atoms with Gasteiger partial charge in [-0.2, -0.15) is 5.10 Å². The third-order valence-corrected chi connectivity index (χ3v) is 6.28. The molecule has 0 atom stereocenters. The molecule has 1 N–H and O–H groups in total. The van der Waals surface area contributed by atoms with Gasteiger partial charge >= 0.3 is 0 Å². The first-order valence-electron chi connectivity index (χ1n) is 11.9. The molecule has 9 nitrogen and oxygen atoms in total. The summed E-state index contributed by atoms with van der Waals surface area (Å²) in [5, 5.41) is 4.97. The lowest BCUT2D eigenvalue weighted by Gasteiger charge is -2.12. The number of hydrogen-bond acceptors (Lipinski definition) is 6. The summed E-state index contributed by atoms with van der Waals surface area (Å²) in [6.07, 6.45) is 4.33. The topological polar surface area (TPSA) is 99.8 Å². The third-order valence-electron chi connectivity index (χ3n) is 6.28. The molecule has 0 bridgehead atoms. The van der Waals surface area contributed by atoms with Crippen molar-refractivity contribution in [2.45, 2.75) is 19.8 Å². The zero-order valence-electron chi connectivity index (χ0n) is 19.9. The van der Waals surface area contributed by atoms with Gasteiger partial charge in [0.2, 0.25) is 0 Å². The van der Waals surface area contributed by atoms with Gasteiger partial charge in [0.05, 0.1) is 29.8 Å². The fourth-order valence-electron chi connectivity index (χ4n) is 4.44. The van der Waals surface area contributed by atoms with E-state index in [1.54, 1.807) is 40.9 Å². The summed E-state index contributed by atoms with van der Waals surface area (Å²) in [7, 11) is 0. The van der Waals surface area contributed by atoms with Gasteiger partial charge in [0.15, 0.2) is 17.1 Å². The van der Waals surface area contributed by atoms with Crippen LogP contribution in [-0.2, 0) is 6.42 Å². The average Bonchev–Trinajstić information content (AvgIpc) is 3.13. The van der Waals surface area contributed by atoms with Crippen molar-refractivity contribution >= 4 is 22.5 Å². The number of carbonyl (C=O) groups is 1. The maximum atomic E-state index is 13.5. The minimum atomic E-state index is -0.475. The molecular weight excluding hydrogens is 477 g/mol. The van der Waals surface area contributed by atoms with Crippen LogP contribution in [0.3, 0.4) is 0 Å². The van der Waals surface area contributed by atoms with E-state index in [-0.39, 0.29) is 11.2 Å². The molecule has 0 saturated carbocycles. The molecule has 10 heteroatoms. The molecule has 0 radical (unpaired) electrons. The predicted molar refractivity (Wildman–Crippen MR) is 135 cm³/mol. The Bertz CT molecular complexity index is 1730. The van der Waals surface area contributed by atoms with Gasteiger partial charge in [0.1, 0.15) is 5.82 Å². The van der Waals surface area contributed by atoms with Crippen LogP contribution in [0.4, 0.5) is 4.39 Å². The molecule has 1 aliphatic rings. The van der Waals surface area contributed by atoms with Gasteiger partial charge in [-0.3, -0.25) is 15.0 Å². The standard InChI is InChI=1S/C27H22FN5O4/c1-2-20-24(16-4-7-18(28)8-5-16)25-29-15-19-21(33(25)30-20)10-11-32(27(19)35)31-26(34)17-6-9-22-23(14-17)37-13-3-12-36-22/h4-11,14-15H,2-3,12-13H2,1H3,(H,31,34). The Morgan fingerprint density at radius 1 is 1.08 bits per heavy atom. The lowest BCUT2D eigenvalue weighted by atomic mass is 10.0. The number of halogens is 1. The number of amides is 1. The molecule has 1 amide bonds. The van der Waals surface area contributed by atoms with Crippen molar-refractivity contribution in [3.05, 3.63) is 88.4 Å². The van der Waals surface area contributed by atoms with Crippen LogP contribution < -0.4 is 20.5 Å². The predicted octanol–water partition coefficient (Wildman–Crippen LogP) is 3.96. The van der Waals surface area contributed by atoms with Gasteiger partial charge in [-0.1, -0.05) is 19.1 Å². The van der Waals surface area contributed by atoms with E-state index in [0.717, 1.165) is 27.9 Å². The fraction of sp³-hybridized carbons (Fsp3) is 0.185. The van der Waals surface area contributed by atoms with Crippen molar-refractivity contribution < 1.29 is 18.7 Å². The van der Waals surface area contributed by atoms with E-state index in [1.165, 1.54) is 24.5 Å². The van der Waals surface area contributed by atoms with E-state index in [4.69, 9.17) is 9.47 Å². The molecule has 0 unspecified atom stereocenters. The van der Waals surface area contributed by atoms with Crippen molar-refractivity contribution in [3.63, 3.8) is 0 Å². The van der Waals surface area contributed by atoms with Crippen molar-refractivity contribution in [3.8, 4) is 22.6 Å². The van der Waals surface area contributed by atoms with E-state index >= 15 is 0 Å². The first-order chi connectivity index (χ1) is 18.0. The Kier molecular flexibility index (Phi) is 5.56. The van der Waals surface area contributed by atoms with E-state index in [1.807, 2.05) is 6.92 Å². The smallest absolute Gasteiger partial charge is 0.280 e. The molecular formula is C27H22FN5O4. The number of pyridine rings is 1. The molecule has 3 aromatic heterocycles. The minimum Gasteiger partial charge on any atom is -0.490 e. The van der Waals surface area contributed by atoms with Crippen molar-refractivity contribution in [1.82, 2.24) is 19.3 Å². The van der Waals surface area contributed by atoms with Crippen LogP contribution >= 0.6 is 0 Å². The normalized spacial score (nSPS) is 13.0. The molecule has 0 saturated heterocycles. The Balaban J connectivity index is 1.38. The lowest BCUT2D eigenvalue weighted by Crippen LogP contribution is -2.33. The molecule has 4 heterocycles. The van der Waals surface area contributed by atoms with Crippen LogP contribution in [0.15, 0.2) is 65.7 Å². The highest BCUT2D eigenvalue weighted by Crippen LogP contribution is 2.31. The number of ether oxygens (including phenoxy) is 2. The molecule has 0 aliphatic carbocycles. The highest BCUT2D eigenvalue weighted by molar-refractivity contribution is 6.00. The summed E-state index contributed by atoms with van der Waals surface area (Å²) in [4.78, 5) is 30.7. The number of benzene rings is 2. The minimum absolute atomic E-state index is 0.282. The van der Waals surface area contributed by atoms with Crippen molar-refractivity contribution in [2.75, 3.05) is 18.6 Å². The van der Waals surface area contributed by atoms with Crippen LogP contribution in [0.2, 0.25) is 0 Å². The van der Waals surface area contributed by atoms with Gasteiger partial charge in [-0.05, 0) is 48.4 Å². The quantitative estimate of drug-likeness (QED) is 0.402. The molecule has 186 valence electrons. The Morgan fingerprint density at radius 2 is 1.86 bits per heavy atom. The van der Waals surface area contributed by atoms with Crippen LogP contribution in [0.25, 0.3) is 27.7 Å². The molecule has 1 aliphatic heterocycles. The van der Waals surface area contributed by atoms with E-state index in [0.29, 0.717) is 47.9 Å². The summed E-state index contributed by atoms with van der Waals surface area (Å²) in [6.45, 7) is 3.02. The van der Waals surface area contributed by atoms with E-state index in [9.17, 15) is 14.0 Å². The Labute approximate surface area is 210 Å². The zero-order chi connectivity index (χ0) is 25.5. The van der Waals surface area contributed by atoms with E-state index < -0.39 is 11.5 Å².